The van der Waals surface area contributed by atoms with Crippen LogP contribution in [0.15, 0.2) is 0 Å². The summed E-state index contributed by atoms with van der Waals surface area (Å²) in [6.07, 6.45) is 0. The van der Waals surface area contributed by atoms with Crippen LogP contribution in [-0.2, 0) is 39.3 Å². The molecule has 0 aliphatic rings. The van der Waals surface area contributed by atoms with Crippen LogP contribution < -0.4 is 0 Å². The normalized spacial score (nSPS) is 0. The van der Waals surface area contributed by atoms with Gasteiger partial charge in [-0.3, -0.25) is 0 Å². The molecule has 24 valence electrons. The van der Waals surface area contributed by atoms with E-state index in [0.29, 0.717) is 0 Å². The molecule has 1 nitrogen and oxygen atoms in total. The Morgan fingerprint density at radius 2 is 1.00 bits per heavy atom. The molecule has 0 aromatic heterocycles. The Balaban J connectivity index is 0. The minimum atomic E-state index is 0. The van der Waals surface area contributed by atoms with Gasteiger partial charge in [-0.2, -0.15) is 0 Å². The Morgan fingerprint density at radius 1 is 1.00 bits per heavy atom. The molecule has 4 heteroatoms. The van der Waals surface area contributed by atoms with Crippen molar-refractivity contribution in [2.45, 2.75) is 0 Å². The van der Waals surface area contributed by atoms with Gasteiger partial charge in [0.2, 0.25) is 0 Å². The Hall–Kier alpha value is 2.18. The summed E-state index contributed by atoms with van der Waals surface area (Å²) < 4.78 is 0. The summed E-state index contributed by atoms with van der Waals surface area (Å²) in [5, 5.41) is 0. The SMILES string of the molecule is [Co+2].[Cu+2].[La+3].[O-2]. The molecular formula is CoCuLaO+5. The summed E-state index contributed by atoms with van der Waals surface area (Å²) in [7, 11) is 0. The molecule has 0 atom stereocenters. The first-order valence-corrected chi connectivity index (χ1v) is 0. The summed E-state index contributed by atoms with van der Waals surface area (Å²) >= 11 is 0. The average Bonchev–Trinajstić information content (AvgIpc) is 0. The maximum absolute atomic E-state index is 0. The smallest absolute Gasteiger partial charge is 2.00 e. The standard InChI is InChI=1S/Co.Cu.La.O/q2*+2;+3;-2. The minimum Gasteiger partial charge on any atom is -2.00 e. The third-order valence-electron chi connectivity index (χ3n) is 0. The molecular weight excluding hydrogens is 277 g/mol. The molecule has 0 unspecified atom stereocenters. The van der Waals surface area contributed by atoms with Gasteiger partial charge in [0.1, 0.15) is 0 Å². The van der Waals surface area contributed by atoms with Gasteiger partial charge >= 0.3 is 69.4 Å². The van der Waals surface area contributed by atoms with Gasteiger partial charge < -0.3 is 5.48 Å². The second-order valence-corrected chi connectivity index (χ2v) is 0. The molecule has 0 aliphatic heterocycles. The zero-order valence-electron chi connectivity index (χ0n) is 1.62. The first-order valence-electron chi connectivity index (χ1n) is 0. The molecule has 0 amide bonds. The van der Waals surface area contributed by atoms with Crippen molar-refractivity contribution in [1.82, 2.24) is 0 Å². The van der Waals surface area contributed by atoms with Gasteiger partial charge in [0.25, 0.3) is 0 Å². The van der Waals surface area contributed by atoms with E-state index < -0.39 is 0 Å². The summed E-state index contributed by atoms with van der Waals surface area (Å²) in [5.74, 6) is 0. The van der Waals surface area contributed by atoms with Crippen LogP contribution in [-0.4, -0.2) is 0 Å². The summed E-state index contributed by atoms with van der Waals surface area (Å²) in [6.45, 7) is 0. The fraction of sp³-hybridized carbons (Fsp3) is 0. The van der Waals surface area contributed by atoms with E-state index in [1.54, 1.807) is 0 Å². The molecule has 0 heterocycles. The third-order valence-corrected chi connectivity index (χ3v) is 0. The van der Waals surface area contributed by atoms with E-state index in [1.807, 2.05) is 0 Å². The zero-order chi connectivity index (χ0) is 0. The van der Waals surface area contributed by atoms with Crippen molar-refractivity contribution in [3.05, 3.63) is 0 Å². The fourth-order valence-corrected chi connectivity index (χ4v) is 0. The van der Waals surface area contributed by atoms with E-state index >= 15 is 0 Å². The van der Waals surface area contributed by atoms with Gasteiger partial charge in [0.15, 0.2) is 0 Å². The van der Waals surface area contributed by atoms with Crippen LogP contribution in [0.1, 0.15) is 0 Å². The van der Waals surface area contributed by atoms with Crippen molar-refractivity contribution >= 4 is 0 Å². The van der Waals surface area contributed by atoms with E-state index in [-0.39, 0.29) is 74.9 Å². The van der Waals surface area contributed by atoms with Gasteiger partial charge in [-0.25, -0.2) is 0 Å². The quantitative estimate of drug-likeness (QED) is 0.552. The Morgan fingerprint density at radius 3 is 1.00 bits per heavy atom. The topological polar surface area (TPSA) is 28.5 Å². The molecule has 0 aromatic rings. The molecule has 0 N–H and O–H groups in total. The van der Waals surface area contributed by atoms with Gasteiger partial charge in [-0.1, -0.05) is 0 Å². The van der Waals surface area contributed by atoms with Crippen LogP contribution in [0.5, 0.6) is 0 Å². The molecule has 0 spiro atoms. The van der Waals surface area contributed by atoms with Crippen LogP contribution in [0.25, 0.3) is 0 Å². The second-order valence-electron chi connectivity index (χ2n) is 0. The third kappa shape index (κ3) is 8.89. The van der Waals surface area contributed by atoms with Crippen LogP contribution in [0, 0.1) is 35.6 Å². The van der Waals surface area contributed by atoms with Crippen molar-refractivity contribution in [1.29, 1.82) is 0 Å². The van der Waals surface area contributed by atoms with Crippen LogP contribution in [0.4, 0.5) is 0 Å². The molecule has 0 rings (SSSR count). The Labute approximate surface area is 73.9 Å². The molecule has 0 fully saturated rings. The van der Waals surface area contributed by atoms with Crippen LogP contribution >= 0.6 is 0 Å². The first-order chi connectivity index (χ1) is 0. The number of rotatable bonds is 0. The van der Waals surface area contributed by atoms with Crippen LogP contribution in [0.3, 0.4) is 0 Å². The number of hydrogen-bond donors (Lipinski definition) is 0. The molecule has 0 saturated heterocycles. The molecule has 0 aromatic carbocycles. The van der Waals surface area contributed by atoms with Gasteiger partial charge in [0.05, 0.1) is 0 Å². The van der Waals surface area contributed by atoms with E-state index in [0.717, 1.165) is 0 Å². The van der Waals surface area contributed by atoms with Crippen molar-refractivity contribution in [3.8, 4) is 0 Å². The van der Waals surface area contributed by atoms with E-state index in [1.165, 1.54) is 0 Å². The van der Waals surface area contributed by atoms with Crippen molar-refractivity contribution < 1.29 is 74.9 Å². The summed E-state index contributed by atoms with van der Waals surface area (Å²) in [5.41, 5.74) is 0. The molecule has 0 aliphatic carbocycles. The summed E-state index contributed by atoms with van der Waals surface area (Å²) in [6, 6.07) is 0. The summed E-state index contributed by atoms with van der Waals surface area (Å²) in [4.78, 5) is 0. The Kier molecular flexibility index (Phi) is 166. The number of hydrogen-bond acceptors (Lipinski definition) is 0. The van der Waals surface area contributed by atoms with Crippen LogP contribution in [0.2, 0.25) is 0 Å². The van der Waals surface area contributed by atoms with Gasteiger partial charge in [0, 0.05) is 0 Å². The van der Waals surface area contributed by atoms with E-state index in [9.17, 15) is 0 Å². The predicted molar refractivity (Wildman–Crippen MR) is 0.686 cm³/mol. The molecule has 2 radical (unpaired) electrons. The largest absolute Gasteiger partial charge is 3.00 e. The van der Waals surface area contributed by atoms with Crippen molar-refractivity contribution in [3.63, 3.8) is 0 Å². The zero-order valence-corrected chi connectivity index (χ0v) is 7.23. The maximum atomic E-state index is 0. The van der Waals surface area contributed by atoms with Gasteiger partial charge in [-0.15, -0.1) is 0 Å². The minimum absolute atomic E-state index is 0. The fourth-order valence-electron chi connectivity index (χ4n) is 0. The predicted octanol–water partition coefficient (Wildman–Crippen LogP) is -0.124. The van der Waals surface area contributed by atoms with E-state index in [4.69, 9.17) is 0 Å². The van der Waals surface area contributed by atoms with Gasteiger partial charge in [-0.05, 0) is 0 Å². The molecule has 0 saturated carbocycles. The molecule has 0 bridgehead atoms. The van der Waals surface area contributed by atoms with E-state index in [2.05, 4.69) is 0 Å². The van der Waals surface area contributed by atoms with Crippen molar-refractivity contribution in [2.75, 3.05) is 0 Å². The molecule has 4 heavy (non-hydrogen) atoms. The maximum Gasteiger partial charge on any atom is 3.00 e. The Bertz CT molecular complexity index is 8.00. The second kappa shape index (κ2) is 19.0. The van der Waals surface area contributed by atoms with Crippen molar-refractivity contribution in [2.24, 2.45) is 0 Å². The first kappa shape index (κ1) is 34.9. The average molecular weight is 277 g/mol. The monoisotopic (exact) mass is 277 g/mol.